The van der Waals surface area contributed by atoms with Crippen molar-refractivity contribution in [3.63, 3.8) is 0 Å². The number of carbonyl (C=O) groups excluding carboxylic acids is 1. The molecule has 1 N–H and O–H groups in total. The van der Waals surface area contributed by atoms with Crippen molar-refractivity contribution >= 4 is 6.09 Å². The molecule has 0 spiro atoms. The molecule has 1 atom stereocenters. The van der Waals surface area contributed by atoms with Crippen molar-refractivity contribution in [1.82, 2.24) is 5.32 Å². The van der Waals surface area contributed by atoms with Gasteiger partial charge in [0, 0.05) is 0 Å². The van der Waals surface area contributed by atoms with Crippen LogP contribution in [0.3, 0.4) is 0 Å². The number of hydrogen-bond acceptors (Lipinski definition) is 2. The maximum atomic E-state index is 11.4. The Morgan fingerprint density at radius 2 is 2.00 bits per heavy atom. The summed E-state index contributed by atoms with van der Waals surface area (Å²) in [7, 11) is 0. The Labute approximate surface area is 92.2 Å². The number of carbonyl (C=O) groups is 1. The summed E-state index contributed by atoms with van der Waals surface area (Å²) in [5.74, 6) is 0.284. The van der Waals surface area contributed by atoms with Crippen molar-refractivity contribution in [3.05, 3.63) is 18.4 Å². The highest BCUT2D eigenvalue weighted by Gasteiger charge is 2.19. The summed E-state index contributed by atoms with van der Waals surface area (Å²) >= 11 is 0. The topological polar surface area (TPSA) is 38.3 Å². The summed E-state index contributed by atoms with van der Waals surface area (Å²) in [6, 6.07) is -0.0858. The zero-order valence-electron chi connectivity index (χ0n) is 10.3. The number of amides is 1. The highest BCUT2D eigenvalue weighted by Crippen LogP contribution is 2.08. The highest BCUT2D eigenvalue weighted by molar-refractivity contribution is 5.68. The van der Waals surface area contributed by atoms with E-state index in [0.29, 0.717) is 0 Å². The summed E-state index contributed by atoms with van der Waals surface area (Å²) in [6.07, 6.45) is 1.32. The predicted octanol–water partition coefficient (Wildman–Crippen LogP) is 2.88. The second-order valence-electron chi connectivity index (χ2n) is 4.79. The molecule has 0 aromatic rings. The molecule has 0 aliphatic rings. The van der Waals surface area contributed by atoms with Crippen LogP contribution < -0.4 is 5.32 Å². The molecule has 0 aliphatic heterocycles. The normalized spacial score (nSPS) is 12.9. The molecule has 0 aromatic carbocycles. The molecule has 0 aliphatic carbocycles. The Morgan fingerprint density at radius 3 is 2.33 bits per heavy atom. The van der Waals surface area contributed by atoms with Gasteiger partial charge in [-0.05, 0) is 32.8 Å². The van der Waals surface area contributed by atoms with Gasteiger partial charge in [0.05, 0.1) is 6.04 Å². The van der Waals surface area contributed by atoms with Crippen molar-refractivity contribution in [2.24, 2.45) is 5.92 Å². The molecule has 0 fully saturated rings. The van der Waals surface area contributed by atoms with Crippen molar-refractivity contribution in [2.45, 2.75) is 46.3 Å². The quantitative estimate of drug-likeness (QED) is 0.729. The Bertz CT molecular complexity index is 257. The average molecular weight is 211 g/mol. The third kappa shape index (κ3) is 6.81. The van der Waals surface area contributed by atoms with Crippen LogP contribution in [0.1, 0.15) is 34.6 Å². The number of ether oxygens (including phenoxy) is 1. The molecule has 0 aromatic heterocycles. The van der Waals surface area contributed by atoms with E-state index < -0.39 is 11.7 Å². The molecule has 86 valence electrons. The van der Waals surface area contributed by atoms with Crippen molar-refractivity contribution in [3.8, 4) is 0 Å². The minimum atomic E-state index is -0.469. The van der Waals surface area contributed by atoms with E-state index in [1.54, 1.807) is 6.08 Å². The second-order valence-corrected chi connectivity index (χ2v) is 4.79. The molecule has 0 rings (SSSR count). The minimum absolute atomic E-state index is 0.0858. The van der Waals surface area contributed by atoms with E-state index in [1.807, 2.05) is 34.6 Å². The molecular formula is C12H21NO2. The first-order chi connectivity index (χ1) is 6.76. The van der Waals surface area contributed by atoms with Gasteiger partial charge < -0.3 is 10.1 Å². The van der Waals surface area contributed by atoms with Gasteiger partial charge in [0.25, 0.3) is 0 Å². The van der Waals surface area contributed by atoms with E-state index in [4.69, 9.17) is 4.74 Å². The van der Waals surface area contributed by atoms with Crippen molar-refractivity contribution < 1.29 is 9.53 Å². The van der Waals surface area contributed by atoms with Crippen LogP contribution in [0.2, 0.25) is 0 Å². The molecule has 0 saturated heterocycles. The van der Waals surface area contributed by atoms with Crippen LogP contribution in [-0.4, -0.2) is 17.7 Å². The van der Waals surface area contributed by atoms with Gasteiger partial charge in [-0.1, -0.05) is 20.4 Å². The van der Waals surface area contributed by atoms with E-state index in [9.17, 15) is 4.79 Å². The Hall–Kier alpha value is -1.21. The Kier molecular flexibility index (Phi) is 5.16. The smallest absolute Gasteiger partial charge is 0.408 e. The molecule has 1 unspecified atom stereocenters. The molecule has 0 bridgehead atoms. The summed E-state index contributed by atoms with van der Waals surface area (Å²) in [6.45, 7) is 13.0. The van der Waals surface area contributed by atoms with Gasteiger partial charge >= 0.3 is 6.09 Å². The van der Waals surface area contributed by atoms with Crippen LogP contribution in [0.4, 0.5) is 4.79 Å². The van der Waals surface area contributed by atoms with E-state index in [1.165, 1.54) is 0 Å². The monoisotopic (exact) mass is 211 g/mol. The fraction of sp³-hybridized carbons (Fsp3) is 0.667. The standard InChI is InChI=1S/C12H21NO2/c1-7-8-10(9(2)3)13-11(14)15-12(4,5)6/h8-10H,1H2,2-6H3,(H,13,14). The van der Waals surface area contributed by atoms with Gasteiger partial charge in [-0.2, -0.15) is 0 Å². The lowest BCUT2D eigenvalue weighted by Gasteiger charge is -2.23. The zero-order valence-corrected chi connectivity index (χ0v) is 10.3. The van der Waals surface area contributed by atoms with Crippen molar-refractivity contribution in [2.75, 3.05) is 0 Å². The third-order valence-electron chi connectivity index (χ3n) is 1.70. The first kappa shape index (κ1) is 13.8. The van der Waals surface area contributed by atoms with Crippen LogP contribution >= 0.6 is 0 Å². The van der Waals surface area contributed by atoms with E-state index in [0.717, 1.165) is 0 Å². The number of nitrogens with one attached hydrogen (secondary N) is 1. The van der Waals surface area contributed by atoms with E-state index in [-0.39, 0.29) is 12.0 Å². The van der Waals surface area contributed by atoms with Crippen molar-refractivity contribution in [1.29, 1.82) is 0 Å². The molecule has 15 heavy (non-hydrogen) atoms. The van der Waals surface area contributed by atoms with Crippen LogP contribution in [0.5, 0.6) is 0 Å². The summed E-state index contributed by atoms with van der Waals surface area (Å²) < 4.78 is 5.15. The van der Waals surface area contributed by atoms with Gasteiger partial charge in [-0.15, -0.1) is 5.73 Å². The first-order valence-electron chi connectivity index (χ1n) is 5.11. The summed E-state index contributed by atoms with van der Waals surface area (Å²) in [5, 5.41) is 2.75. The maximum absolute atomic E-state index is 11.4. The predicted molar refractivity (Wildman–Crippen MR) is 61.7 cm³/mol. The molecule has 3 heteroatoms. The lowest BCUT2D eigenvalue weighted by Crippen LogP contribution is -2.40. The maximum Gasteiger partial charge on any atom is 0.408 e. The lowest BCUT2D eigenvalue weighted by molar-refractivity contribution is 0.0504. The van der Waals surface area contributed by atoms with Gasteiger partial charge in [-0.3, -0.25) is 0 Å². The van der Waals surface area contributed by atoms with Crippen LogP contribution in [0, 0.1) is 5.92 Å². The molecular weight excluding hydrogens is 190 g/mol. The van der Waals surface area contributed by atoms with Gasteiger partial charge in [0.15, 0.2) is 0 Å². The Balaban J connectivity index is 4.30. The van der Waals surface area contributed by atoms with Gasteiger partial charge in [-0.25, -0.2) is 4.79 Å². The van der Waals surface area contributed by atoms with E-state index in [2.05, 4.69) is 17.6 Å². The SMILES string of the molecule is C=C=CC(NC(=O)OC(C)(C)C)C(C)C. The molecule has 3 nitrogen and oxygen atoms in total. The molecule has 0 heterocycles. The summed E-state index contributed by atoms with van der Waals surface area (Å²) in [5.41, 5.74) is 2.20. The van der Waals surface area contributed by atoms with Crippen LogP contribution in [-0.2, 0) is 4.74 Å². The lowest BCUT2D eigenvalue weighted by atomic mass is 10.1. The molecule has 0 radical (unpaired) electrons. The highest BCUT2D eigenvalue weighted by atomic mass is 16.6. The number of rotatable bonds is 3. The fourth-order valence-electron chi connectivity index (χ4n) is 0.971. The van der Waals surface area contributed by atoms with Crippen LogP contribution in [0.25, 0.3) is 0 Å². The first-order valence-corrected chi connectivity index (χ1v) is 5.11. The van der Waals surface area contributed by atoms with Crippen LogP contribution in [0.15, 0.2) is 18.4 Å². The Morgan fingerprint density at radius 1 is 1.47 bits per heavy atom. The third-order valence-corrected chi connectivity index (χ3v) is 1.70. The fourth-order valence-corrected chi connectivity index (χ4v) is 0.971. The largest absolute Gasteiger partial charge is 0.444 e. The molecule has 0 saturated carbocycles. The second kappa shape index (κ2) is 5.62. The number of hydrogen-bond donors (Lipinski definition) is 1. The zero-order chi connectivity index (χ0) is 12.1. The van der Waals surface area contributed by atoms with E-state index >= 15 is 0 Å². The molecule has 1 amide bonds. The minimum Gasteiger partial charge on any atom is -0.444 e. The summed E-state index contributed by atoms with van der Waals surface area (Å²) in [4.78, 5) is 11.4. The van der Waals surface area contributed by atoms with Gasteiger partial charge in [0.1, 0.15) is 5.60 Å². The number of alkyl carbamates (subject to hydrolysis) is 1. The van der Waals surface area contributed by atoms with Gasteiger partial charge in [0.2, 0.25) is 0 Å². The average Bonchev–Trinajstić information content (AvgIpc) is 1.99.